The van der Waals surface area contributed by atoms with E-state index in [1.807, 2.05) is 0 Å². The van der Waals surface area contributed by atoms with Gasteiger partial charge in [-0.15, -0.1) is 0 Å². The van der Waals surface area contributed by atoms with Crippen molar-refractivity contribution in [3.8, 4) is 0 Å². The van der Waals surface area contributed by atoms with E-state index in [-0.39, 0.29) is 13.0 Å². The lowest BCUT2D eigenvalue weighted by atomic mass is 10.0. The normalized spacial score (nSPS) is 16.8. The van der Waals surface area contributed by atoms with E-state index in [0.717, 1.165) is 0 Å². The van der Waals surface area contributed by atoms with Crippen LogP contribution in [0, 0.1) is 0 Å². The first-order valence-electron chi connectivity index (χ1n) is 2.62. The number of carboxylic acids is 1. The molecule has 0 aromatic rings. The fourth-order valence-corrected chi connectivity index (χ4v) is 0.398. The van der Waals surface area contributed by atoms with Crippen LogP contribution in [-0.2, 0) is 4.79 Å². The van der Waals surface area contributed by atoms with E-state index in [4.69, 9.17) is 15.9 Å². The standard InChI is InChI=1S/C5H11NO3/c1-5(9,3-6)2-4(7)8/h9H,2-3,6H2,1H3,(H,7,8)/t5-/m1/s1. The Kier molecular flexibility index (Phi) is 2.61. The maximum Gasteiger partial charge on any atom is 0.306 e. The van der Waals surface area contributed by atoms with Crippen molar-refractivity contribution in [2.75, 3.05) is 6.54 Å². The van der Waals surface area contributed by atoms with Gasteiger partial charge in [-0.05, 0) is 6.92 Å². The van der Waals surface area contributed by atoms with Crippen LogP contribution in [0.15, 0.2) is 0 Å². The largest absolute Gasteiger partial charge is 0.481 e. The maximum absolute atomic E-state index is 9.96. The van der Waals surface area contributed by atoms with Crippen LogP contribution in [0.1, 0.15) is 13.3 Å². The number of nitrogens with two attached hydrogens (primary N) is 1. The topological polar surface area (TPSA) is 83.5 Å². The molecule has 0 saturated heterocycles. The average molecular weight is 133 g/mol. The third kappa shape index (κ3) is 3.93. The molecular formula is C5H11NO3. The first-order valence-corrected chi connectivity index (χ1v) is 2.62. The van der Waals surface area contributed by atoms with E-state index >= 15 is 0 Å². The molecule has 0 fully saturated rings. The van der Waals surface area contributed by atoms with Gasteiger partial charge in [0.25, 0.3) is 0 Å². The number of carboxylic acid groups (broad SMARTS) is 1. The van der Waals surface area contributed by atoms with Gasteiger partial charge in [0.2, 0.25) is 0 Å². The predicted octanol–water partition coefficient (Wildman–Crippen LogP) is -0.829. The zero-order chi connectivity index (χ0) is 7.49. The summed E-state index contributed by atoms with van der Waals surface area (Å²) in [5, 5.41) is 17.2. The second-order valence-corrected chi connectivity index (χ2v) is 2.27. The molecule has 0 aromatic heterocycles. The molecule has 0 radical (unpaired) electrons. The SMILES string of the molecule is C[C@](O)(CN)CC(=O)O. The summed E-state index contributed by atoms with van der Waals surface area (Å²) in [6, 6.07) is 0. The van der Waals surface area contributed by atoms with Crippen molar-refractivity contribution in [1.29, 1.82) is 0 Å². The Hall–Kier alpha value is -0.610. The van der Waals surface area contributed by atoms with Gasteiger partial charge < -0.3 is 15.9 Å². The highest BCUT2D eigenvalue weighted by Gasteiger charge is 2.21. The molecule has 0 aliphatic rings. The highest BCUT2D eigenvalue weighted by Crippen LogP contribution is 2.05. The van der Waals surface area contributed by atoms with Crippen molar-refractivity contribution in [3.05, 3.63) is 0 Å². The third-order valence-corrected chi connectivity index (χ3v) is 0.972. The van der Waals surface area contributed by atoms with Gasteiger partial charge in [-0.25, -0.2) is 0 Å². The van der Waals surface area contributed by atoms with Gasteiger partial charge in [0, 0.05) is 6.54 Å². The molecule has 1 atom stereocenters. The molecule has 0 bridgehead atoms. The van der Waals surface area contributed by atoms with Gasteiger partial charge in [0.15, 0.2) is 0 Å². The lowest BCUT2D eigenvalue weighted by molar-refractivity contribution is -0.141. The quantitative estimate of drug-likeness (QED) is 0.469. The summed E-state index contributed by atoms with van der Waals surface area (Å²) in [7, 11) is 0. The number of carbonyl (C=O) groups is 1. The van der Waals surface area contributed by atoms with Gasteiger partial charge >= 0.3 is 5.97 Å². The zero-order valence-corrected chi connectivity index (χ0v) is 5.29. The summed E-state index contributed by atoms with van der Waals surface area (Å²) >= 11 is 0. The molecule has 4 N–H and O–H groups in total. The van der Waals surface area contributed by atoms with Gasteiger partial charge in [0.05, 0.1) is 12.0 Å². The maximum atomic E-state index is 9.96. The molecule has 0 heterocycles. The average Bonchev–Trinajstić information content (AvgIpc) is 1.63. The van der Waals surface area contributed by atoms with Crippen LogP contribution in [-0.4, -0.2) is 28.3 Å². The lowest BCUT2D eigenvalue weighted by Gasteiger charge is -2.17. The Labute approximate surface area is 53.3 Å². The summed E-state index contributed by atoms with van der Waals surface area (Å²) in [6.07, 6.45) is -0.302. The van der Waals surface area contributed by atoms with Crippen LogP contribution < -0.4 is 5.73 Å². The molecule has 0 aliphatic heterocycles. The summed E-state index contributed by atoms with van der Waals surface area (Å²) in [5.74, 6) is -1.04. The lowest BCUT2D eigenvalue weighted by Crippen LogP contribution is -2.36. The van der Waals surface area contributed by atoms with Gasteiger partial charge in [-0.1, -0.05) is 0 Å². The molecule has 0 amide bonds. The van der Waals surface area contributed by atoms with Crippen LogP contribution in [0.2, 0.25) is 0 Å². The minimum absolute atomic E-state index is 0.0285. The molecule has 4 heteroatoms. The molecule has 54 valence electrons. The molecule has 0 spiro atoms. The van der Waals surface area contributed by atoms with Crippen LogP contribution >= 0.6 is 0 Å². The Morgan fingerprint density at radius 1 is 1.78 bits per heavy atom. The Morgan fingerprint density at radius 3 is 2.33 bits per heavy atom. The Morgan fingerprint density at radius 2 is 2.22 bits per heavy atom. The van der Waals surface area contributed by atoms with E-state index < -0.39 is 11.6 Å². The second kappa shape index (κ2) is 2.80. The monoisotopic (exact) mass is 133 g/mol. The van der Waals surface area contributed by atoms with E-state index in [0.29, 0.717) is 0 Å². The van der Waals surface area contributed by atoms with Crippen molar-refractivity contribution in [2.45, 2.75) is 18.9 Å². The summed E-state index contributed by atoms with van der Waals surface area (Å²) in [5.41, 5.74) is 3.78. The highest BCUT2D eigenvalue weighted by atomic mass is 16.4. The van der Waals surface area contributed by atoms with E-state index in [1.54, 1.807) is 0 Å². The Bertz CT molecular complexity index is 111. The molecule has 0 aliphatic carbocycles. The summed E-state index contributed by atoms with van der Waals surface area (Å²) in [4.78, 5) is 9.96. The number of rotatable bonds is 3. The van der Waals surface area contributed by atoms with E-state index in [2.05, 4.69) is 0 Å². The van der Waals surface area contributed by atoms with Gasteiger partial charge in [0.1, 0.15) is 0 Å². The molecule has 0 unspecified atom stereocenters. The number of hydrogen-bond acceptors (Lipinski definition) is 3. The van der Waals surface area contributed by atoms with Crippen molar-refractivity contribution >= 4 is 5.97 Å². The second-order valence-electron chi connectivity index (χ2n) is 2.27. The van der Waals surface area contributed by atoms with E-state index in [1.165, 1.54) is 6.92 Å². The molecular weight excluding hydrogens is 122 g/mol. The van der Waals surface area contributed by atoms with Gasteiger partial charge in [-0.2, -0.15) is 0 Å². The van der Waals surface area contributed by atoms with Crippen LogP contribution in [0.3, 0.4) is 0 Å². The smallest absolute Gasteiger partial charge is 0.306 e. The van der Waals surface area contributed by atoms with Crippen LogP contribution in [0.25, 0.3) is 0 Å². The third-order valence-electron chi connectivity index (χ3n) is 0.972. The highest BCUT2D eigenvalue weighted by molar-refractivity contribution is 5.68. The summed E-state index contributed by atoms with van der Waals surface area (Å²) < 4.78 is 0. The minimum Gasteiger partial charge on any atom is -0.481 e. The van der Waals surface area contributed by atoms with E-state index in [9.17, 15) is 4.79 Å². The van der Waals surface area contributed by atoms with Crippen molar-refractivity contribution in [2.24, 2.45) is 5.73 Å². The fraction of sp³-hybridized carbons (Fsp3) is 0.800. The molecule has 0 aromatic carbocycles. The van der Waals surface area contributed by atoms with Gasteiger partial charge in [-0.3, -0.25) is 4.79 Å². The number of aliphatic carboxylic acids is 1. The fourth-order valence-electron chi connectivity index (χ4n) is 0.398. The molecule has 0 rings (SSSR count). The Balaban J connectivity index is 3.71. The van der Waals surface area contributed by atoms with Crippen LogP contribution in [0.5, 0.6) is 0 Å². The van der Waals surface area contributed by atoms with Crippen molar-refractivity contribution < 1.29 is 15.0 Å². The van der Waals surface area contributed by atoms with Crippen LogP contribution in [0.4, 0.5) is 0 Å². The molecule has 4 nitrogen and oxygen atoms in total. The number of hydrogen-bond donors (Lipinski definition) is 3. The first kappa shape index (κ1) is 8.39. The molecule has 0 saturated carbocycles. The minimum atomic E-state index is -1.26. The predicted molar refractivity (Wildman–Crippen MR) is 31.9 cm³/mol. The number of aliphatic hydroxyl groups is 1. The van der Waals surface area contributed by atoms with Crippen molar-refractivity contribution in [3.63, 3.8) is 0 Å². The molecule has 9 heavy (non-hydrogen) atoms. The summed E-state index contributed by atoms with van der Waals surface area (Å²) in [6.45, 7) is 1.36. The zero-order valence-electron chi connectivity index (χ0n) is 5.29. The van der Waals surface area contributed by atoms with Crippen molar-refractivity contribution in [1.82, 2.24) is 0 Å². The first-order chi connectivity index (χ1) is 3.98.